The highest BCUT2D eigenvalue weighted by Gasteiger charge is 2.27. The van der Waals surface area contributed by atoms with E-state index in [4.69, 9.17) is 37.9 Å². The molecule has 0 radical (unpaired) electrons. The van der Waals surface area contributed by atoms with E-state index in [9.17, 15) is 0 Å². The Morgan fingerprint density at radius 1 is 0.526 bits per heavy atom. The summed E-state index contributed by atoms with van der Waals surface area (Å²) in [6, 6.07) is 0. The van der Waals surface area contributed by atoms with E-state index in [1.54, 1.807) is 0 Å². The van der Waals surface area contributed by atoms with Gasteiger partial charge >= 0.3 is 0 Å². The second-order valence-corrected chi connectivity index (χ2v) is 12.1. The van der Waals surface area contributed by atoms with Gasteiger partial charge in [0.15, 0.2) is 0 Å². The molecule has 4 atom stereocenters. The molecule has 0 spiro atoms. The molecule has 0 N–H and O–H groups in total. The third-order valence-corrected chi connectivity index (χ3v) is 8.28. The van der Waals surface area contributed by atoms with E-state index in [0.29, 0.717) is 37.4 Å². The first-order valence-corrected chi connectivity index (χ1v) is 15.4. The van der Waals surface area contributed by atoms with Crippen LogP contribution in [-0.2, 0) is 37.9 Å². The fourth-order valence-corrected chi connectivity index (χ4v) is 5.36. The summed E-state index contributed by atoms with van der Waals surface area (Å²) < 4.78 is 43.7. The number of hydrogen-bond acceptors (Lipinski definition) is 8. The molecule has 2 saturated carbocycles. The second kappa shape index (κ2) is 17.5. The summed E-state index contributed by atoms with van der Waals surface area (Å²) in [7, 11) is 0. The van der Waals surface area contributed by atoms with Gasteiger partial charge in [-0.2, -0.15) is 0 Å². The van der Waals surface area contributed by atoms with Crippen LogP contribution in [0.2, 0.25) is 0 Å². The lowest BCUT2D eigenvalue weighted by Crippen LogP contribution is -2.25. The van der Waals surface area contributed by atoms with E-state index in [1.165, 1.54) is 51.4 Å². The molecule has 5 fully saturated rings. The zero-order valence-corrected chi connectivity index (χ0v) is 24.0. The van der Waals surface area contributed by atoms with Gasteiger partial charge < -0.3 is 37.9 Å². The van der Waals surface area contributed by atoms with Crippen LogP contribution in [0, 0.1) is 23.7 Å². The molecule has 8 nitrogen and oxygen atoms in total. The zero-order chi connectivity index (χ0) is 26.4. The Kier molecular flexibility index (Phi) is 14.1. The average molecular weight is 543 g/mol. The van der Waals surface area contributed by atoms with E-state index < -0.39 is 0 Å². The molecule has 38 heavy (non-hydrogen) atoms. The molecule has 3 heterocycles. The molecule has 2 aliphatic carbocycles. The van der Waals surface area contributed by atoms with Crippen LogP contribution in [0.15, 0.2) is 0 Å². The summed E-state index contributed by atoms with van der Waals surface area (Å²) >= 11 is 0. The van der Waals surface area contributed by atoms with Gasteiger partial charge in [0, 0.05) is 33.0 Å². The maximum absolute atomic E-state index is 5.83. The standard InChI is InChI=1S/C17H30O5.C13H24O3/c1-13(20-10-17-12-22-17)6-18-7-14-2-4-15(5-3-14)8-19-9-16-11-21-16;1-2-14-7-11-3-5-12(6-4-11)8-15-9-13-10-16-13/h13-17H,2-12H2,1H3;11-13H,2-10H2,1H3. The molecule has 0 aromatic rings. The van der Waals surface area contributed by atoms with Crippen molar-refractivity contribution in [3.63, 3.8) is 0 Å². The Morgan fingerprint density at radius 3 is 1.29 bits per heavy atom. The minimum Gasteiger partial charge on any atom is -0.381 e. The highest BCUT2D eigenvalue weighted by Crippen LogP contribution is 2.30. The van der Waals surface area contributed by atoms with Gasteiger partial charge in [-0.3, -0.25) is 0 Å². The van der Waals surface area contributed by atoms with E-state index in [-0.39, 0.29) is 6.10 Å². The number of rotatable bonds is 18. The maximum atomic E-state index is 5.83. The first-order chi connectivity index (χ1) is 18.7. The molecular weight excluding hydrogens is 488 g/mol. The van der Waals surface area contributed by atoms with E-state index >= 15 is 0 Å². The largest absolute Gasteiger partial charge is 0.381 e. The van der Waals surface area contributed by atoms with Gasteiger partial charge in [0.05, 0.1) is 52.4 Å². The quantitative estimate of drug-likeness (QED) is 0.238. The summed E-state index contributed by atoms with van der Waals surface area (Å²) in [5, 5.41) is 0. The SMILES string of the molecule is CC(COCC1CCC(COCC2CO2)CC1)OCC1CO1.CCOCC1CCC(COCC2CO2)CC1. The van der Waals surface area contributed by atoms with Crippen LogP contribution in [-0.4, -0.2) is 104 Å². The summed E-state index contributed by atoms with van der Waals surface area (Å²) in [5.74, 6) is 3.01. The van der Waals surface area contributed by atoms with Crippen LogP contribution >= 0.6 is 0 Å². The monoisotopic (exact) mass is 542 g/mol. The van der Waals surface area contributed by atoms with Crippen molar-refractivity contribution in [1.82, 2.24) is 0 Å². The number of hydrogen-bond donors (Lipinski definition) is 0. The van der Waals surface area contributed by atoms with Crippen molar-refractivity contribution >= 4 is 0 Å². The summed E-state index contributed by atoms with van der Waals surface area (Å²) in [5.41, 5.74) is 0. The average Bonchev–Trinajstić information content (AvgIpc) is 3.78. The minimum atomic E-state index is 0.165. The first kappa shape index (κ1) is 30.6. The van der Waals surface area contributed by atoms with Crippen LogP contribution in [0.25, 0.3) is 0 Å². The summed E-state index contributed by atoms with van der Waals surface area (Å²) in [6.45, 7) is 14.3. The van der Waals surface area contributed by atoms with Gasteiger partial charge in [-0.1, -0.05) is 0 Å². The lowest BCUT2D eigenvalue weighted by molar-refractivity contribution is -0.0257. The molecule has 222 valence electrons. The highest BCUT2D eigenvalue weighted by atomic mass is 16.6. The van der Waals surface area contributed by atoms with Crippen LogP contribution in [0.5, 0.6) is 0 Å². The van der Waals surface area contributed by atoms with Gasteiger partial charge in [0.1, 0.15) is 18.3 Å². The van der Waals surface area contributed by atoms with Gasteiger partial charge in [-0.25, -0.2) is 0 Å². The van der Waals surface area contributed by atoms with Crippen molar-refractivity contribution in [2.75, 3.05) is 79.3 Å². The van der Waals surface area contributed by atoms with Crippen LogP contribution in [0.4, 0.5) is 0 Å². The van der Waals surface area contributed by atoms with Gasteiger partial charge in [-0.15, -0.1) is 0 Å². The Balaban J connectivity index is 0.000000186. The van der Waals surface area contributed by atoms with Gasteiger partial charge in [0.2, 0.25) is 0 Å². The molecule has 0 bridgehead atoms. The fourth-order valence-electron chi connectivity index (χ4n) is 5.36. The Bertz CT molecular complexity index is 593. The molecular formula is C30H54O8. The maximum Gasteiger partial charge on any atom is 0.104 e. The van der Waals surface area contributed by atoms with Crippen molar-refractivity contribution in [3.8, 4) is 0 Å². The zero-order valence-electron chi connectivity index (χ0n) is 24.0. The fraction of sp³-hybridized carbons (Fsp3) is 1.00. The predicted molar refractivity (Wildman–Crippen MR) is 144 cm³/mol. The van der Waals surface area contributed by atoms with Crippen molar-refractivity contribution < 1.29 is 37.9 Å². The Hall–Kier alpha value is -0.320. The predicted octanol–water partition coefficient (Wildman–Crippen LogP) is 4.27. The van der Waals surface area contributed by atoms with Crippen LogP contribution in [0.3, 0.4) is 0 Å². The number of ether oxygens (including phenoxy) is 8. The van der Waals surface area contributed by atoms with Crippen molar-refractivity contribution in [2.45, 2.75) is 89.6 Å². The molecule has 4 unspecified atom stereocenters. The smallest absolute Gasteiger partial charge is 0.104 e. The molecule has 3 aliphatic heterocycles. The second-order valence-electron chi connectivity index (χ2n) is 12.1. The lowest BCUT2D eigenvalue weighted by Gasteiger charge is -2.28. The molecule has 8 heteroatoms. The van der Waals surface area contributed by atoms with E-state index in [2.05, 4.69) is 13.8 Å². The third-order valence-electron chi connectivity index (χ3n) is 8.28. The third kappa shape index (κ3) is 13.8. The van der Waals surface area contributed by atoms with Gasteiger partial charge in [-0.05, 0) is 88.9 Å². The van der Waals surface area contributed by atoms with Crippen LogP contribution < -0.4 is 0 Å². The minimum absolute atomic E-state index is 0.165. The van der Waals surface area contributed by atoms with Crippen molar-refractivity contribution in [1.29, 1.82) is 0 Å². The first-order valence-electron chi connectivity index (χ1n) is 15.4. The van der Waals surface area contributed by atoms with Crippen molar-refractivity contribution in [2.24, 2.45) is 23.7 Å². The molecule has 5 aliphatic rings. The normalized spacial score (nSPS) is 34.7. The topological polar surface area (TPSA) is 83.7 Å². The lowest BCUT2D eigenvalue weighted by atomic mass is 9.83. The number of epoxide rings is 3. The van der Waals surface area contributed by atoms with E-state index in [0.717, 1.165) is 83.8 Å². The van der Waals surface area contributed by atoms with Crippen LogP contribution in [0.1, 0.15) is 65.2 Å². The molecule has 3 saturated heterocycles. The summed E-state index contributed by atoms with van der Waals surface area (Å²) in [6.07, 6.45) is 11.6. The Morgan fingerprint density at radius 2 is 0.895 bits per heavy atom. The molecule has 5 rings (SSSR count). The summed E-state index contributed by atoms with van der Waals surface area (Å²) in [4.78, 5) is 0. The highest BCUT2D eigenvalue weighted by molar-refractivity contribution is 4.75. The van der Waals surface area contributed by atoms with Crippen molar-refractivity contribution in [3.05, 3.63) is 0 Å². The molecule has 0 amide bonds. The Labute approximate surface area is 230 Å². The van der Waals surface area contributed by atoms with Gasteiger partial charge in [0.25, 0.3) is 0 Å². The van der Waals surface area contributed by atoms with E-state index in [1.807, 2.05) is 0 Å². The molecule has 0 aromatic heterocycles. The molecule has 0 aromatic carbocycles.